The molecule has 1 N–H and O–H groups in total. The molecule has 0 aliphatic rings. The average molecular weight is 127 g/mol. The maximum absolute atomic E-state index is 3.21. The molecule has 0 radical (unpaired) electrons. The molecule has 9 heavy (non-hydrogen) atoms. The van der Waals surface area contributed by atoms with Crippen LogP contribution in [0.5, 0.6) is 0 Å². The number of unbranched alkanes of at least 4 members (excludes halogenated alkanes) is 1. The van der Waals surface area contributed by atoms with E-state index in [4.69, 9.17) is 0 Å². The molecule has 0 unspecified atom stereocenters. The SMILES string of the molecule is CC/C=C\NCCCC. The van der Waals surface area contributed by atoms with Gasteiger partial charge >= 0.3 is 0 Å². The van der Waals surface area contributed by atoms with Crippen molar-refractivity contribution in [3.05, 3.63) is 12.3 Å². The van der Waals surface area contributed by atoms with E-state index < -0.39 is 0 Å². The van der Waals surface area contributed by atoms with Crippen LogP contribution in [0, 0.1) is 0 Å². The smallest absolute Gasteiger partial charge is 0.0141 e. The molecule has 0 heterocycles. The minimum absolute atomic E-state index is 1.12. The molecule has 0 spiro atoms. The zero-order valence-corrected chi connectivity index (χ0v) is 6.48. The zero-order valence-electron chi connectivity index (χ0n) is 6.48. The first-order valence-electron chi connectivity index (χ1n) is 3.80. The van der Waals surface area contributed by atoms with Gasteiger partial charge < -0.3 is 5.32 Å². The fourth-order valence-corrected chi connectivity index (χ4v) is 0.563. The second kappa shape index (κ2) is 7.54. The van der Waals surface area contributed by atoms with Crippen LogP contribution in [-0.4, -0.2) is 6.54 Å². The molecule has 0 amide bonds. The molecule has 0 saturated carbocycles. The summed E-state index contributed by atoms with van der Waals surface area (Å²) < 4.78 is 0. The van der Waals surface area contributed by atoms with Crippen LogP contribution < -0.4 is 5.32 Å². The summed E-state index contributed by atoms with van der Waals surface area (Å²) in [5.74, 6) is 0. The van der Waals surface area contributed by atoms with Crippen LogP contribution in [0.2, 0.25) is 0 Å². The third kappa shape index (κ3) is 7.54. The van der Waals surface area contributed by atoms with Gasteiger partial charge in [0.05, 0.1) is 0 Å². The van der Waals surface area contributed by atoms with Crippen LogP contribution in [0.1, 0.15) is 33.1 Å². The van der Waals surface area contributed by atoms with Crippen LogP contribution >= 0.6 is 0 Å². The van der Waals surface area contributed by atoms with Gasteiger partial charge in [0.2, 0.25) is 0 Å². The fraction of sp³-hybridized carbons (Fsp3) is 0.750. The van der Waals surface area contributed by atoms with Gasteiger partial charge in [-0.05, 0) is 19.0 Å². The molecular formula is C8H17N. The van der Waals surface area contributed by atoms with Gasteiger partial charge in [0, 0.05) is 6.54 Å². The van der Waals surface area contributed by atoms with Crippen LogP contribution in [0.4, 0.5) is 0 Å². The van der Waals surface area contributed by atoms with Crippen molar-refractivity contribution in [2.24, 2.45) is 0 Å². The third-order valence-electron chi connectivity index (χ3n) is 1.15. The van der Waals surface area contributed by atoms with Crippen molar-refractivity contribution in [1.29, 1.82) is 0 Å². The first-order chi connectivity index (χ1) is 4.41. The molecule has 0 fully saturated rings. The summed E-state index contributed by atoms with van der Waals surface area (Å²) in [6.45, 7) is 5.45. The summed E-state index contributed by atoms with van der Waals surface area (Å²) in [7, 11) is 0. The van der Waals surface area contributed by atoms with Crippen molar-refractivity contribution in [1.82, 2.24) is 5.32 Å². The van der Waals surface area contributed by atoms with E-state index in [0.29, 0.717) is 0 Å². The van der Waals surface area contributed by atoms with Gasteiger partial charge in [-0.3, -0.25) is 0 Å². The molecule has 0 aliphatic heterocycles. The molecule has 0 aliphatic carbocycles. The maximum atomic E-state index is 3.21. The highest BCUT2D eigenvalue weighted by Crippen LogP contribution is 1.82. The molecular weight excluding hydrogens is 110 g/mol. The van der Waals surface area contributed by atoms with Crippen molar-refractivity contribution in [3.63, 3.8) is 0 Å². The topological polar surface area (TPSA) is 12.0 Å². The van der Waals surface area contributed by atoms with Gasteiger partial charge in [-0.15, -0.1) is 0 Å². The monoisotopic (exact) mass is 127 g/mol. The Morgan fingerprint density at radius 3 is 2.67 bits per heavy atom. The van der Waals surface area contributed by atoms with Crippen molar-refractivity contribution in [2.75, 3.05) is 6.54 Å². The van der Waals surface area contributed by atoms with E-state index in [1.807, 2.05) is 6.20 Å². The molecule has 0 bridgehead atoms. The number of allylic oxidation sites excluding steroid dienone is 1. The Labute approximate surface area is 58.2 Å². The highest BCUT2D eigenvalue weighted by molar-refractivity contribution is 4.76. The highest BCUT2D eigenvalue weighted by Gasteiger charge is 1.76. The fourth-order valence-electron chi connectivity index (χ4n) is 0.563. The van der Waals surface area contributed by atoms with Crippen molar-refractivity contribution >= 4 is 0 Å². The van der Waals surface area contributed by atoms with E-state index in [1.165, 1.54) is 12.8 Å². The molecule has 0 saturated heterocycles. The number of hydrogen-bond donors (Lipinski definition) is 1. The van der Waals surface area contributed by atoms with E-state index in [2.05, 4.69) is 25.2 Å². The van der Waals surface area contributed by atoms with Gasteiger partial charge in [0.15, 0.2) is 0 Å². The van der Waals surface area contributed by atoms with Crippen LogP contribution in [0.3, 0.4) is 0 Å². The Kier molecular flexibility index (Phi) is 7.15. The Hall–Kier alpha value is -0.460. The molecule has 1 heteroatoms. The van der Waals surface area contributed by atoms with E-state index >= 15 is 0 Å². The van der Waals surface area contributed by atoms with Crippen molar-refractivity contribution in [2.45, 2.75) is 33.1 Å². The summed E-state index contributed by atoms with van der Waals surface area (Å²) in [5, 5.41) is 3.21. The van der Waals surface area contributed by atoms with Gasteiger partial charge in [0.25, 0.3) is 0 Å². The number of rotatable bonds is 5. The number of nitrogens with one attached hydrogen (secondary N) is 1. The highest BCUT2D eigenvalue weighted by atomic mass is 14.8. The molecule has 0 rings (SSSR count). The zero-order chi connectivity index (χ0) is 6.95. The Morgan fingerprint density at radius 2 is 2.11 bits per heavy atom. The quantitative estimate of drug-likeness (QED) is 0.559. The maximum Gasteiger partial charge on any atom is 0.0141 e. The summed E-state index contributed by atoms with van der Waals surface area (Å²) in [6, 6.07) is 0. The van der Waals surface area contributed by atoms with Gasteiger partial charge in [-0.25, -0.2) is 0 Å². The second-order valence-corrected chi connectivity index (χ2v) is 2.12. The lowest BCUT2D eigenvalue weighted by Gasteiger charge is -1.95. The first kappa shape index (κ1) is 8.54. The summed E-state index contributed by atoms with van der Waals surface area (Å²) in [4.78, 5) is 0. The van der Waals surface area contributed by atoms with Crippen LogP contribution in [0.25, 0.3) is 0 Å². The van der Waals surface area contributed by atoms with E-state index in [-0.39, 0.29) is 0 Å². The molecule has 0 atom stereocenters. The lowest BCUT2D eigenvalue weighted by molar-refractivity contribution is 0.733. The van der Waals surface area contributed by atoms with E-state index in [9.17, 15) is 0 Å². The van der Waals surface area contributed by atoms with Gasteiger partial charge in [0.1, 0.15) is 0 Å². The lowest BCUT2D eigenvalue weighted by atomic mass is 10.3. The van der Waals surface area contributed by atoms with Crippen LogP contribution in [0.15, 0.2) is 12.3 Å². The van der Waals surface area contributed by atoms with Gasteiger partial charge in [-0.2, -0.15) is 0 Å². The van der Waals surface area contributed by atoms with E-state index in [0.717, 1.165) is 13.0 Å². The normalized spacial score (nSPS) is 10.4. The second-order valence-electron chi connectivity index (χ2n) is 2.12. The Morgan fingerprint density at radius 1 is 1.33 bits per heavy atom. The molecule has 0 aromatic carbocycles. The minimum Gasteiger partial charge on any atom is -0.391 e. The largest absolute Gasteiger partial charge is 0.391 e. The molecule has 0 aromatic heterocycles. The van der Waals surface area contributed by atoms with Crippen molar-refractivity contribution in [3.8, 4) is 0 Å². The lowest BCUT2D eigenvalue weighted by Crippen LogP contribution is -2.05. The van der Waals surface area contributed by atoms with Crippen LogP contribution in [-0.2, 0) is 0 Å². The average Bonchev–Trinajstić information content (AvgIpc) is 1.89. The molecule has 0 aromatic rings. The first-order valence-corrected chi connectivity index (χ1v) is 3.80. The summed E-state index contributed by atoms with van der Waals surface area (Å²) in [5.41, 5.74) is 0. The predicted octanol–water partition coefficient (Wildman–Crippen LogP) is 2.30. The summed E-state index contributed by atoms with van der Waals surface area (Å²) in [6.07, 6.45) is 7.84. The van der Waals surface area contributed by atoms with Gasteiger partial charge in [-0.1, -0.05) is 26.3 Å². The molecule has 54 valence electrons. The standard InChI is InChI=1S/C8H17N/c1-3-5-7-9-8-6-4-2/h5,7,9H,3-4,6,8H2,1-2H3/b7-5-. The Balaban J connectivity index is 2.82. The third-order valence-corrected chi connectivity index (χ3v) is 1.15. The predicted molar refractivity (Wildman–Crippen MR) is 42.3 cm³/mol. The Bertz CT molecular complexity index is 67.0. The number of hydrogen-bond acceptors (Lipinski definition) is 1. The van der Waals surface area contributed by atoms with Crippen molar-refractivity contribution < 1.29 is 0 Å². The van der Waals surface area contributed by atoms with E-state index in [1.54, 1.807) is 0 Å². The summed E-state index contributed by atoms with van der Waals surface area (Å²) >= 11 is 0. The molecule has 1 nitrogen and oxygen atoms in total. The minimum atomic E-state index is 1.12.